The smallest absolute Gasteiger partial charge is 0.234 e. The van der Waals surface area contributed by atoms with Crippen LogP contribution in [0.5, 0.6) is 0 Å². The summed E-state index contributed by atoms with van der Waals surface area (Å²) in [5.74, 6) is -1.31. The fraction of sp³-hybridized carbons (Fsp3) is 0.385. The predicted octanol–water partition coefficient (Wildman–Crippen LogP) is 1.98. The number of amides is 2. The molecular weight excluding hydrogens is 221 g/mol. The van der Waals surface area contributed by atoms with E-state index >= 15 is 0 Å². The van der Waals surface area contributed by atoms with Crippen molar-refractivity contribution < 1.29 is 14.0 Å². The summed E-state index contributed by atoms with van der Waals surface area (Å²) >= 11 is 0. The summed E-state index contributed by atoms with van der Waals surface area (Å²) in [6, 6.07) is 5.85. The Labute approximate surface area is 99.0 Å². The molecule has 1 N–H and O–H groups in total. The molecule has 1 fully saturated rings. The molecule has 3 nitrogen and oxygen atoms in total. The van der Waals surface area contributed by atoms with Gasteiger partial charge in [0.05, 0.1) is 5.92 Å². The highest BCUT2D eigenvalue weighted by molar-refractivity contribution is 6.02. The zero-order valence-corrected chi connectivity index (χ0v) is 9.79. The van der Waals surface area contributed by atoms with E-state index in [2.05, 4.69) is 5.32 Å². The molecule has 1 aromatic rings. The average Bonchev–Trinajstić information content (AvgIpc) is 2.18. The number of benzene rings is 1. The van der Waals surface area contributed by atoms with Gasteiger partial charge in [0, 0.05) is 6.42 Å². The maximum atomic E-state index is 12.9. The van der Waals surface area contributed by atoms with Crippen LogP contribution in [0.4, 0.5) is 4.39 Å². The number of hydrogen-bond donors (Lipinski definition) is 1. The van der Waals surface area contributed by atoms with Gasteiger partial charge in [0.25, 0.3) is 0 Å². The molecule has 0 spiro atoms. The summed E-state index contributed by atoms with van der Waals surface area (Å²) in [6.07, 6.45) is 0.292. The van der Waals surface area contributed by atoms with Crippen LogP contribution in [-0.4, -0.2) is 11.8 Å². The van der Waals surface area contributed by atoms with Crippen molar-refractivity contribution in [2.45, 2.75) is 26.2 Å². The highest BCUT2D eigenvalue weighted by Gasteiger charge is 2.42. The molecular formula is C13H14FNO2. The van der Waals surface area contributed by atoms with Gasteiger partial charge in [-0.05, 0) is 23.1 Å². The molecule has 90 valence electrons. The Morgan fingerprint density at radius 2 is 1.82 bits per heavy atom. The van der Waals surface area contributed by atoms with Crippen molar-refractivity contribution in [1.82, 2.24) is 5.32 Å². The Balaban J connectivity index is 2.39. The number of halogens is 1. The number of rotatable bonds is 1. The lowest BCUT2D eigenvalue weighted by atomic mass is 9.70. The Kier molecular flexibility index (Phi) is 2.73. The summed E-state index contributed by atoms with van der Waals surface area (Å²) in [5, 5.41) is 2.33. The first-order valence-corrected chi connectivity index (χ1v) is 5.49. The van der Waals surface area contributed by atoms with Crippen LogP contribution < -0.4 is 5.32 Å². The van der Waals surface area contributed by atoms with Crippen LogP contribution in [0.2, 0.25) is 0 Å². The van der Waals surface area contributed by atoms with Crippen molar-refractivity contribution in [3.63, 3.8) is 0 Å². The fourth-order valence-electron chi connectivity index (χ4n) is 2.38. The third kappa shape index (κ3) is 2.20. The standard InChI is InChI=1S/C13H14FNO2/c1-13(2)7-10(16)15-12(17)11(13)8-3-5-9(14)6-4-8/h3-6,11H,7H2,1-2H3,(H,15,16,17). The molecule has 1 saturated heterocycles. The van der Waals surface area contributed by atoms with E-state index in [1.807, 2.05) is 13.8 Å². The van der Waals surface area contributed by atoms with E-state index in [-0.39, 0.29) is 17.6 Å². The van der Waals surface area contributed by atoms with Crippen LogP contribution in [0, 0.1) is 11.2 Å². The predicted molar refractivity (Wildman–Crippen MR) is 60.7 cm³/mol. The van der Waals surface area contributed by atoms with Gasteiger partial charge >= 0.3 is 0 Å². The molecule has 1 atom stereocenters. The van der Waals surface area contributed by atoms with Gasteiger partial charge in [-0.2, -0.15) is 0 Å². The van der Waals surface area contributed by atoms with E-state index in [9.17, 15) is 14.0 Å². The van der Waals surface area contributed by atoms with E-state index in [0.29, 0.717) is 6.42 Å². The molecule has 2 rings (SSSR count). The molecule has 1 aromatic carbocycles. The van der Waals surface area contributed by atoms with Gasteiger partial charge in [-0.25, -0.2) is 4.39 Å². The quantitative estimate of drug-likeness (QED) is 0.756. The number of carbonyl (C=O) groups excluding carboxylic acids is 2. The zero-order chi connectivity index (χ0) is 12.6. The third-order valence-corrected chi connectivity index (χ3v) is 3.13. The molecule has 1 aliphatic rings. The van der Waals surface area contributed by atoms with Crippen LogP contribution in [-0.2, 0) is 9.59 Å². The number of carbonyl (C=O) groups is 2. The van der Waals surface area contributed by atoms with E-state index in [1.165, 1.54) is 12.1 Å². The number of imide groups is 1. The molecule has 0 saturated carbocycles. The second-order valence-electron chi connectivity index (χ2n) is 5.06. The maximum absolute atomic E-state index is 12.9. The number of nitrogens with one attached hydrogen (secondary N) is 1. The minimum absolute atomic E-state index is 0.252. The lowest BCUT2D eigenvalue weighted by Gasteiger charge is -2.36. The van der Waals surface area contributed by atoms with Gasteiger partial charge in [-0.1, -0.05) is 26.0 Å². The molecule has 0 aliphatic carbocycles. The second-order valence-corrected chi connectivity index (χ2v) is 5.06. The van der Waals surface area contributed by atoms with E-state index in [1.54, 1.807) is 12.1 Å². The molecule has 1 heterocycles. The highest BCUT2D eigenvalue weighted by atomic mass is 19.1. The van der Waals surface area contributed by atoms with Gasteiger partial charge in [0.1, 0.15) is 5.82 Å². The number of piperidine rings is 1. The minimum atomic E-state index is -0.447. The molecule has 1 aliphatic heterocycles. The van der Waals surface area contributed by atoms with Crippen LogP contribution >= 0.6 is 0 Å². The fourth-order valence-corrected chi connectivity index (χ4v) is 2.38. The van der Waals surface area contributed by atoms with Crippen molar-refractivity contribution >= 4 is 11.8 Å². The Morgan fingerprint density at radius 3 is 2.35 bits per heavy atom. The SMILES string of the molecule is CC1(C)CC(=O)NC(=O)C1c1ccc(F)cc1. The van der Waals surface area contributed by atoms with E-state index in [0.717, 1.165) is 5.56 Å². The maximum Gasteiger partial charge on any atom is 0.234 e. The minimum Gasteiger partial charge on any atom is -0.296 e. The van der Waals surface area contributed by atoms with Crippen LogP contribution in [0.1, 0.15) is 31.7 Å². The largest absolute Gasteiger partial charge is 0.296 e. The second kappa shape index (κ2) is 3.95. The summed E-state index contributed by atoms with van der Waals surface area (Å²) in [4.78, 5) is 23.2. The summed E-state index contributed by atoms with van der Waals surface area (Å²) < 4.78 is 12.9. The topological polar surface area (TPSA) is 46.2 Å². The first-order valence-electron chi connectivity index (χ1n) is 5.49. The van der Waals surface area contributed by atoms with Gasteiger partial charge in [0.2, 0.25) is 11.8 Å². The van der Waals surface area contributed by atoms with E-state index < -0.39 is 11.3 Å². The normalized spacial score (nSPS) is 23.4. The van der Waals surface area contributed by atoms with Crippen molar-refractivity contribution in [1.29, 1.82) is 0 Å². The van der Waals surface area contributed by atoms with Crippen molar-refractivity contribution in [2.75, 3.05) is 0 Å². The van der Waals surface area contributed by atoms with Crippen molar-refractivity contribution in [2.24, 2.45) is 5.41 Å². The first kappa shape index (κ1) is 11.8. The van der Waals surface area contributed by atoms with Crippen molar-refractivity contribution in [3.05, 3.63) is 35.6 Å². The van der Waals surface area contributed by atoms with Gasteiger partial charge in [-0.3, -0.25) is 14.9 Å². The average molecular weight is 235 g/mol. The Hall–Kier alpha value is -1.71. The zero-order valence-electron chi connectivity index (χ0n) is 9.79. The van der Waals surface area contributed by atoms with Crippen molar-refractivity contribution in [3.8, 4) is 0 Å². The molecule has 1 unspecified atom stereocenters. The van der Waals surface area contributed by atoms with Gasteiger partial charge < -0.3 is 0 Å². The molecule has 0 aromatic heterocycles. The third-order valence-electron chi connectivity index (χ3n) is 3.13. The Bertz CT molecular complexity index is 465. The number of hydrogen-bond acceptors (Lipinski definition) is 2. The van der Waals surface area contributed by atoms with Gasteiger partial charge in [-0.15, -0.1) is 0 Å². The Morgan fingerprint density at radius 1 is 1.24 bits per heavy atom. The summed E-state index contributed by atoms with van der Waals surface area (Å²) in [5.41, 5.74) is 0.290. The molecule has 0 bridgehead atoms. The molecule has 0 radical (unpaired) electrons. The molecule has 17 heavy (non-hydrogen) atoms. The monoisotopic (exact) mass is 235 g/mol. The van der Waals surface area contributed by atoms with Crippen LogP contribution in [0.3, 0.4) is 0 Å². The molecule has 4 heteroatoms. The van der Waals surface area contributed by atoms with Crippen LogP contribution in [0.25, 0.3) is 0 Å². The lowest BCUT2D eigenvalue weighted by Crippen LogP contribution is -2.48. The lowest BCUT2D eigenvalue weighted by molar-refractivity contribution is -0.138. The van der Waals surface area contributed by atoms with Crippen LogP contribution in [0.15, 0.2) is 24.3 Å². The highest BCUT2D eigenvalue weighted by Crippen LogP contribution is 2.40. The first-order chi connectivity index (χ1) is 7.90. The summed E-state index contributed by atoms with van der Waals surface area (Å²) in [7, 11) is 0. The molecule has 2 amide bonds. The summed E-state index contributed by atoms with van der Waals surface area (Å²) in [6.45, 7) is 3.75. The van der Waals surface area contributed by atoms with E-state index in [4.69, 9.17) is 0 Å². The van der Waals surface area contributed by atoms with Gasteiger partial charge in [0.15, 0.2) is 0 Å².